The minimum Gasteiger partial charge on any atom is -0.497 e. The molecule has 3 atom stereocenters. The van der Waals surface area contributed by atoms with Crippen molar-refractivity contribution in [3.05, 3.63) is 29.8 Å². The molecule has 134 valence electrons. The summed E-state index contributed by atoms with van der Waals surface area (Å²) in [6.07, 6.45) is -1.01. The average Bonchev–Trinajstić information content (AvgIpc) is 2.48. The van der Waals surface area contributed by atoms with E-state index in [0.717, 1.165) is 5.56 Å². The largest absolute Gasteiger partial charge is 0.497 e. The van der Waals surface area contributed by atoms with Gasteiger partial charge in [0.1, 0.15) is 11.1 Å². The summed E-state index contributed by atoms with van der Waals surface area (Å²) in [6, 6.07) is 7.11. The molecule has 1 N–H and O–H groups in total. The van der Waals surface area contributed by atoms with E-state index in [0.29, 0.717) is 5.75 Å². The lowest BCUT2D eigenvalue weighted by Crippen LogP contribution is -2.68. The smallest absolute Gasteiger partial charge is 0.232 e. The molecule has 1 amide bonds. The van der Waals surface area contributed by atoms with Gasteiger partial charge in [-0.05, 0) is 45.4 Å². The van der Waals surface area contributed by atoms with Gasteiger partial charge in [-0.15, -0.1) is 0 Å². The Labute approximate surface area is 143 Å². The minimum absolute atomic E-state index is 0.187. The number of aliphatic hydroxyl groups excluding tert-OH is 1. The Morgan fingerprint density at radius 3 is 2.21 bits per heavy atom. The third-order valence-corrected chi connectivity index (χ3v) is 7.28. The summed E-state index contributed by atoms with van der Waals surface area (Å²) in [6.45, 7) is 6.46. The molecule has 1 aromatic carbocycles. The number of ether oxygens (including phenoxy) is 1. The summed E-state index contributed by atoms with van der Waals surface area (Å²) >= 11 is 0. The van der Waals surface area contributed by atoms with E-state index in [2.05, 4.69) is 0 Å². The Morgan fingerprint density at radius 2 is 1.79 bits per heavy atom. The van der Waals surface area contributed by atoms with E-state index < -0.39 is 32.0 Å². The number of carbonyl (C=O) groups is 1. The summed E-state index contributed by atoms with van der Waals surface area (Å²) in [5, 5.41) is 8.86. The van der Waals surface area contributed by atoms with Gasteiger partial charge in [0.2, 0.25) is 5.91 Å². The van der Waals surface area contributed by atoms with Crippen LogP contribution in [0.25, 0.3) is 0 Å². The lowest BCUT2D eigenvalue weighted by atomic mass is 9.92. The van der Waals surface area contributed by atoms with Crippen molar-refractivity contribution in [2.45, 2.75) is 50.5 Å². The van der Waals surface area contributed by atoms with Gasteiger partial charge < -0.3 is 14.7 Å². The Hall–Kier alpha value is -1.60. The minimum atomic E-state index is -3.63. The lowest BCUT2D eigenvalue weighted by Gasteiger charge is -2.49. The molecule has 2 rings (SSSR count). The van der Waals surface area contributed by atoms with Gasteiger partial charge >= 0.3 is 0 Å². The number of hydrogen-bond acceptors (Lipinski definition) is 5. The van der Waals surface area contributed by atoms with Crippen LogP contribution in [0.3, 0.4) is 0 Å². The summed E-state index contributed by atoms with van der Waals surface area (Å²) in [5.74, 6) is -0.555. The molecule has 0 saturated carbocycles. The van der Waals surface area contributed by atoms with Crippen LogP contribution in [-0.4, -0.2) is 47.7 Å². The van der Waals surface area contributed by atoms with Crippen LogP contribution in [0.2, 0.25) is 0 Å². The van der Waals surface area contributed by atoms with Gasteiger partial charge in [0, 0.05) is 6.54 Å². The maximum Gasteiger partial charge on any atom is 0.232 e. The van der Waals surface area contributed by atoms with Crippen molar-refractivity contribution in [3.8, 4) is 5.75 Å². The molecule has 1 aliphatic heterocycles. The molecule has 1 aromatic rings. The number of likely N-dealkylation sites (tertiary alicyclic amines) is 1. The second-order valence-electron chi connectivity index (χ2n) is 7.13. The molecular formula is C17H25NO5S. The van der Waals surface area contributed by atoms with Crippen LogP contribution in [0.4, 0.5) is 0 Å². The first-order chi connectivity index (χ1) is 11.0. The molecule has 0 bridgehead atoms. The zero-order valence-electron chi connectivity index (χ0n) is 14.7. The number of rotatable bonds is 5. The molecule has 24 heavy (non-hydrogen) atoms. The molecule has 1 aliphatic rings. The fraction of sp³-hybridized carbons (Fsp3) is 0.588. The second kappa shape index (κ2) is 6.37. The van der Waals surface area contributed by atoms with Crippen molar-refractivity contribution in [1.82, 2.24) is 4.90 Å². The first-order valence-electron chi connectivity index (χ1n) is 7.85. The Balaban J connectivity index is 2.31. The zero-order chi connectivity index (χ0) is 18.3. The van der Waals surface area contributed by atoms with Gasteiger partial charge in [0.15, 0.2) is 9.84 Å². The normalized spacial score (nSPS) is 22.9. The standard InChI is InChI=1S/C17H25NO5S/c1-11(19)14-15(20)18(16(14)24(21,22)17(2,3)4)10-12-6-8-13(23-5)9-7-12/h6-9,11,14,16,19H,10H2,1-5H3/t11-,14+,16-/m1/s1. The maximum atomic E-state index is 12.9. The fourth-order valence-electron chi connectivity index (χ4n) is 2.81. The third-order valence-electron chi connectivity index (χ3n) is 4.39. The van der Waals surface area contributed by atoms with E-state index in [1.165, 1.54) is 11.8 Å². The number of amides is 1. The molecule has 7 heteroatoms. The van der Waals surface area contributed by atoms with Crippen LogP contribution in [0.5, 0.6) is 5.75 Å². The summed E-state index contributed by atoms with van der Waals surface area (Å²) in [5.41, 5.74) is 0.808. The van der Waals surface area contributed by atoms with Crippen LogP contribution in [0.15, 0.2) is 24.3 Å². The van der Waals surface area contributed by atoms with Crippen molar-refractivity contribution in [2.24, 2.45) is 5.92 Å². The predicted molar refractivity (Wildman–Crippen MR) is 91.2 cm³/mol. The molecule has 0 spiro atoms. The average molecular weight is 355 g/mol. The highest BCUT2D eigenvalue weighted by atomic mass is 32.2. The van der Waals surface area contributed by atoms with Gasteiger partial charge in [-0.25, -0.2) is 8.42 Å². The lowest BCUT2D eigenvalue weighted by molar-refractivity contribution is -0.158. The predicted octanol–water partition coefficient (Wildman–Crippen LogP) is 1.57. The van der Waals surface area contributed by atoms with E-state index in [1.54, 1.807) is 52.1 Å². The SMILES string of the molecule is COc1ccc(CN2C(=O)[C@H]([C@@H](C)O)[C@H]2S(=O)(=O)C(C)(C)C)cc1. The molecule has 0 aromatic heterocycles. The third kappa shape index (κ3) is 3.15. The number of sulfone groups is 1. The molecule has 1 fully saturated rings. The van der Waals surface area contributed by atoms with Crippen LogP contribution >= 0.6 is 0 Å². The highest BCUT2D eigenvalue weighted by molar-refractivity contribution is 7.93. The first-order valence-corrected chi connectivity index (χ1v) is 9.40. The van der Waals surface area contributed by atoms with Crippen LogP contribution in [0, 0.1) is 5.92 Å². The van der Waals surface area contributed by atoms with Gasteiger partial charge in [0.05, 0.1) is 23.9 Å². The summed E-state index contributed by atoms with van der Waals surface area (Å²) in [7, 11) is -2.07. The molecule has 0 radical (unpaired) electrons. The van der Waals surface area contributed by atoms with Crippen LogP contribution < -0.4 is 4.74 Å². The number of methoxy groups -OCH3 is 1. The number of hydrogen-bond donors (Lipinski definition) is 1. The van der Waals surface area contributed by atoms with Gasteiger partial charge in [0.25, 0.3) is 0 Å². The Bertz CT molecular complexity index is 703. The first kappa shape index (κ1) is 18.7. The highest BCUT2D eigenvalue weighted by Crippen LogP contribution is 2.39. The second-order valence-corrected chi connectivity index (χ2v) is 9.93. The van der Waals surface area contributed by atoms with Crippen molar-refractivity contribution in [1.29, 1.82) is 0 Å². The molecule has 0 unspecified atom stereocenters. The monoisotopic (exact) mass is 355 g/mol. The van der Waals surface area contributed by atoms with Crippen molar-refractivity contribution in [3.63, 3.8) is 0 Å². The number of nitrogens with zero attached hydrogens (tertiary/aromatic N) is 1. The van der Waals surface area contributed by atoms with Gasteiger partial charge in [-0.1, -0.05) is 12.1 Å². The van der Waals surface area contributed by atoms with Crippen molar-refractivity contribution < 1.29 is 23.1 Å². The summed E-state index contributed by atoms with van der Waals surface area (Å²) in [4.78, 5) is 13.7. The molecule has 6 nitrogen and oxygen atoms in total. The zero-order valence-corrected chi connectivity index (χ0v) is 15.5. The molecule has 0 aliphatic carbocycles. The van der Waals surface area contributed by atoms with E-state index in [1.807, 2.05) is 0 Å². The van der Waals surface area contributed by atoms with Gasteiger partial charge in [-0.3, -0.25) is 4.79 Å². The Morgan fingerprint density at radius 1 is 1.25 bits per heavy atom. The molecular weight excluding hydrogens is 330 g/mol. The van der Waals surface area contributed by atoms with Gasteiger partial charge in [-0.2, -0.15) is 0 Å². The number of carbonyl (C=O) groups excluding carboxylic acids is 1. The molecule has 1 saturated heterocycles. The summed E-state index contributed by atoms with van der Waals surface area (Å²) < 4.78 is 29.8. The van der Waals surface area contributed by atoms with Crippen molar-refractivity contribution in [2.75, 3.05) is 7.11 Å². The van der Waals surface area contributed by atoms with Crippen molar-refractivity contribution >= 4 is 15.7 Å². The van der Waals surface area contributed by atoms with E-state index in [9.17, 15) is 18.3 Å². The van der Waals surface area contributed by atoms with Crippen LogP contribution in [-0.2, 0) is 21.2 Å². The quantitative estimate of drug-likeness (QED) is 0.811. The van der Waals surface area contributed by atoms with E-state index in [4.69, 9.17) is 4.74 Å². The van der Waals surface area contributed by atoms with Crippen LogP contribution in [0.1, 0.15) is 33.3 Å². The fourth-order valence-corrected chi connectivity index (χ4v) is 4.78. The van der Waals surface area contributed by atoms with E-state index >= 15 is 0 Å². The topological polar surface area (TPSA) is 83.9 Å². The highest BCUT2D eigenvalue weighted by Gasteiger charge is 2.58. The number of aliphatic hydroxyl groups is 1. The number of benzene rings is 1. The Kier molecular flexibility index (Phi) is 4.97. The van der Waals surface area contributed by atoms with E-state index in [-0.39, 0.29) is 12.5 Å². The maximum absolute atomic E-state index is 12.9. The molecule has 1 heterocycles. The number of β-lactam (4-membered cyclic amide) rings is 1.